The van der Waals surface area contributed by atoms with Crippen LogP contribution in [0.25, 0.3) is 0 Å². The van der Waals surface area contributed by atoms with Crippen LogP contribution in [0, 0.1) is 0 Å². The molecule has 0 radical (unpaired) electrons. The Bertz CT molecular complexity index is 728. The third kappa shape index (κ3) is 5.95. The molecule has 0 bridgehead atoms. The molecule has 0 aliphatic carbocycles. The maximum Gasteiger partial charge on any atom is 0.161 e. The number of nitrogens with zero attached hydrogens (tertiary/aromatic N) is 2. The van der Waals surface area contributed by atoms with E-state index in [0.29, 0.717) is 31.1 Å². The second-order valence-electron chi connectivity index (χ2n) is 7.20. The molecule has 1 unspecified atom stereocenters. The standard InChI is InChI=1S/C21H31N3O4/c1-3-17-11-19(28-23-17)13-22-12-16-6-7-20(21(10-16)26-2)27-15-18(25)14-24-8-4-5-9-24/h6-7,10-11,18,22,25H,3-5,8-9,12-15H2,1-2H3. The fraction of sp³-hybridized carbons (Fsp3) is 0.571. The maximum absolute atomic E-state index is 10.2. The highest BCUT2D eigenvalue weighted by Crippen LogP contribution is 2.28. The van der Waals surface area contributed by atoms with E-state index in [1.807, 2.05) is 24.3 Å². The summed E-state index contributed by atoms with van der Waals surface area (Å²) in [6.45, 7) is 6.40. The number of hydrogen-bond donors (Lipinski definition) is 2. The lowest BCUT2D eigenvalue weighted by molar-refractivity contribution is 0.0747. The number of ether oxygens (including phenoxy) is 2. The second-order valence-corrected chi connectivity index (χ2v) is 7.20. The number of aliphatic hydroxyl groups is 1. The summed E-state index contributed by atoms with van der Waals surface area (Å²) in [6, 6.07) is 7.81. The molecule has 2 aromatic rings. The quantitative estimate of drug-likeness (QED) is 0.611. The van der Waals surface area contributed by atoms with Gasteiger partial charge in [-0.05, 0) is 50.0 Å². The van der Waals surface area contributed by atoms with Gasteiger partial charge in [0.25, 0.3) is 0 Å². The molecule has 7 nitrogen and oxygen atoms in total. The number of nitrogens with one attached hydrogen (secondary N) is 1. The van der Waals surface area contributed by atoms with Gasteiger partial charge in [-0.1, -0.05) is 18.1 Å². The van der Waals surface area contributed by atoms with E-state index in [1.165, 1.54) is 12.8 Å². The van der Waals surface area contributed by atoms with Gasteiger partial charge in [-0.25, -0.2) is 0 Å². The Morgan fingerprint density at radius 2 is 2.04 bits per heavy atom. The lowest BCUT2D eigenvalue weighted by Crippen LogP contribution is -2.33. The number of rotatable bonds is 11. The number of benzene rings is 1. The summed E-state index contributed by atoms with van der Waals surface area (Å²) in [4.78, 5) is 2.28. The number of β-amino-alcohol motifs (C(OH)–C–C–N with tert-alkyl or cyclic N) is 1. The third-order valence-corrected chi connectivity index (χ3v) is 4.93. The highest BCUT2D eigenvalue weighted by Gasteiger charge is 2.17. The Kier molecular flexibility index (Phi) is 7.71. The number of aryl methyl sites for hydroxylation is 1. The normalized spacial score (nSPS) is 15.7. The molecule has 7 heteroatoms. The van der Waals surface area contributed by atoms with Crippen LogP contribution in [0.4, 0.5) is 0 Å². The molecule has 2 heterocycles. The summed E-state index contributed by atoms with van der Waals surface area (Å²) in [5.74, 6) is 2.14. The summed E-state index contributed by atoms with van der Waals surface area (Å²) >= 11 is 0. The van der Waals surface area contributed by atoms with Crippen molar-refractivity contribution in [1.29, 1.82) is 0 Å². The van der Waals surface area contributed by atoms with E-state index in [-0.39, 0.29) is 6.61 Å². The topological polar surface area (TPSA) is 80.0 Å². The van der Waals surface area contributed by atoms with E-state index in [1.54, 1.807) is 7.11 Å². The summed E-state index contributed by atoms with van der Waals surface area (Å²) in [5, 5.41) is 17.5. The van der Waals surface area contributed by atoms with Gasteiger partial charge in [0.1, 0.15) is 12.7 Å². The first-order valence-electron chi connectivity index (χ1n) is 10.0. The number of methoxy groups -OCH3 is 1. The highest BCUT2D eigenvalue weighted by atomic mass is 16.5. The molecule has 154 valence electrons. The first-order valence-corrected chi connectivity index (χ1v) is 10.0. The fourth-order valence-electron chi connectivity index (χ4n) is 3.38. The molecule has 1 aromatic heterocycles. The predicted molar refractivity (Wildman–Crippen MR) is 107 cm³/mol. The zero-order valence-electron chi connectivity index (χ0n) is 16.8. The fourth-order valence-corrected chi connectivity index (χ4v) is 3.38. The van der Waals surface area contributed by atoms with Gasteiger partial charge in [0.05, 0.1) is 19.3 Å². The van der Waals surface area contributed by atoms with Crippen molar-refractivity contribution in [3.05, 3.63) is 41.3 Å². The van der Waals surface area contributed by atoms with Gasteiger partial charge in [-0.3, -0.25) is 0 Å². The lowest BCUT2D eigenvalue weighted by atomic mass is 10.2. The van der Waals surface area contributed by atoms with Gasteiger partial charge in [0, 0.05) is 19.2 Å². The minimum absolute atomic E-state index is 0.260. The van der Waals surface area contributed by atoms with Gasteiger partial charge < -0.3 is 29.3 Å². The van der Waals surface area contributed by atoms with Crippen molar-refractivity contribution >= 4 is 0 Å². The summed E-state index contributed by atoms with van der Waals surface area (Å²) in [5.41, 5.74) is 2.05. The molecule has 1 aliphatic rings. The molecule has 0 spiro atoms. The Labute approximate surface area is 166 Å². The van der Waals surface area contributed by atoms with Gasteiger partial charge in [0.2, 0.25) is 0 Å². The van der Waals surface area contributed by atoms with Crippen LogP contribution in [-0.2, 0) is 19.5 Å². The number of hydrogen-bond acceptors (Lipinski definition) is 7. The number of aromatic nitrogens is 1. The van der Waals surface area contributed by atoms with Gasteiger partial charge in [-0.2, -0.15) is 0 Å². The van der Waals surface area contributed by atoms with Crippen LogP contribution in [0.2, 0.25) is 0 Å². The zero-order chi connectivity index (χ0) is 19.8. The molecule has 1 atom stereocenters. The van der Waals surface area contributed by atoms with Gasteiger partial charge in [0.15, 0.2) is 17.3 Å². The molecule has 1 fully saturated rings. The Balaban J connectivity index is 1.47. The molecule has 2 N–H and O–H groups in total. The van der Waals surface area contributed by atoms with Crippen LogP contribution < -0.4 is 14.8 Å². The van der Waals surface area contributed by atoms with Crippen LogP contribution in [0.15, 0.2) is 28.8 Å². The smallest absolute Gasteiger partial charge is 0.161 e. The molecule has 1 aliphatic heterocycles. The van der Waals surface area contributed by atoms with Crippen molar-refractivity contribution in [2.45, 2.75) is 45.4 Å². The predicted octanol–water partition coefficient (Wildman–Crippen LogP) is 2.37. The van der Waals surface area contributed by atoms with Crippen molar-refractivity contribution in [3.63, 3.8) is 0 Å². The zero-order valence-corrected chi connectivity index (χ0v) is 16.8. The molecule has 1 aromatic carbocycles. The van der Waals surface area contributed by atoms with Gasteiger partial charge in [-0.15, -0.1) is 0 Å². The van der Waals surface area contributed by atoms with Crippen molar-refractivity contribution in [3.8, 4) is 11.5 Å². The molecular formula is C21H31N3O4. The average molecular weight is 389 g/mol. The van der Waals surface area contributed by atoms with E-state index in [4.69, 9.17) is 14.0 Å². The van der Waals surface area contributed by atoms with Crippen molar-refractivity contribution in [2.24, 2.45) is 0 Å². The Hall–Kier alpha value is -2.09. The molecule has 28 heavy (non-hydrogen) atoms. The van der Waals surface area contributed by atoms with E-state index < -0.39 is 6.10 Å². The Morgan fingerprint density at radius 3 is 2.75 bits per heavy atom. The average Bonchev–Trinajstić information content (AvgIpc) is 3.38. The number of likely N-dealkylation sites (tertiary alicyclic amines) is 1. The molecule has 1 saturated heterocycles. The summed E-state index contributed by atoms with van der Waals surface area (Å²) in [6.07, 6.45) is 2.80. The van der Waals surface area contributed by atoms with Crippen LogP contribution >= 0.6 is 0 Å². The van der Waals surface area contributed by atoms with Crippen molar-refractivity contribution in [1.82, 2.24) is 15.4 Å². The van der Waals surface area contributed by atoms with Crippen LogP contribution in [0.3, 0.4) is 0 Å². The van der Waals surface area contributed by atoms with Crippen LogP contribution in [0.1, 0.15) is 36.8 Å². The Morgan fingerprint density at radius 1 is 1.21 bits per heavy atom. The van der Waals surface area contributed by atoms with Crippen molar-refractivity contribution < 1.29 is 19.1 Å². The van der Waals surface area contributed by atoms with Crippen molar-refractivity contribution in [2.75, 3.05) is 33.4 Å². The largest absolute Gasteiger partial charge is 0.493 e. The van der Waals surface area contributed by atoms with E-state index >= 15 is 0 Å². The maximum atomic E-state index is 10.2. The summed E-state index contributed by atoms with van der Waals surface area (Å²) < 4.78 is 16.5. The third-order valence-electron chi connectivity index (χ3n) is 4.93. The highest BCUT2D eigenvalue weighted by molar-refractivity contribution is 5.43. The van der Waals surface area contributed by atoms with E-state index in [2.05, 4.69) is 22.3 Å². The van der Waals surface area contributed by atoms with E-state index in [9.17, 15) is 5.11 Å². The first kappa shape index (κ1) is 20.6. The summed E-state index contributed by atoms with van der Waals surface area (Å²) in [7, 11) is 1.63. The van der Waals surface area contributed by atoms with Crippen LogP contribution in [-0.4, -0.2) is 54.6 Å². The number of aliphatic hydroxyl groups excluding tert-OH is 1. The van der Waals surface area contributed by atoms with Crippen LogP contribution in [0.5, 0.6) is 11.5 Å². The van der Waals surface area contributed by atoms with E-state index in [0.717, 1.165) is 36.5 Å². The monoisotopic (exact) mass is 389 g/mol. The minimum Gasteiger partial charge on any atom is -0.493 e. The SMILES string of the molecule is CCc1cc(CNCc2ccc(OCC(O)CN3CCCC3)c(OC)c2)on1. The van der Waals surface area contributed by atoms with Gasteiger partial charge >= 0.3 is 0 Å². The first-order chi connectivity index (χ1) is 13.7. The molecule has 0 saturated carbocycles. The molecule has 3 rings (SSSR count). The second kappa shape index (κ2) is 10.5. The minimum atomic E-state index is -0.501. The molecule has 0 amide bonds. The lowest BCUT2D eigenvalue weighted by Gasteiger charge is -2.20. The molecular weight excluding hydrogens is 358 g/mol.